The normalized spacial score (nSPS) is 21.2. The quantitative estimate of drug-likeness (QED) is 0.757. The maximum absolute atomic E-state index is 12.7. The molecule has 3 heterocycles. The monoisotopic (exact) mass is 403 g/mol. The van der Waals surface area contributed by atoms with Gasteiger partial charge in [-0.15, -0.1) is 5.10 Å². The van der Waals surface area contributed by atoms with Crippen LogP contribution in [0.2, 0.25) is 0 Å². The molecule has 0 spiro atoms. The van der Waals surface area contributed by atoms with Gasteiger partial charge in [0.15, 0.2) is 0 Å². The third kappa shape index (κ3) is 4.83. The molecule has 2 fully saturated rings. The number of nitrogens with zero attached hydrogens (tertiary/aromatic N) is 4. The van der Waals surface area contributed by atoms with Crippen molar-refractivity contribution in [1.82, 2.24) is 25.3 Å². The summed E-state index contributed by atoms with van der Waals surface area (Å²) < 4.78 is 5.78. The van der Waals surface area contributed by atoms with Gasteiger partial charge in [-0.3, -0.25) is 14.5 Å². The summed E-state index contributed by atoms with van der Waals surface area (Å²) in [7, 11) is 1.39. The van der Waals surface area contributed by atoms with Crippen LogP contribution in [0.3, 0.4) is 0 Å². The lowest BCUT2D eigenvalue weighted by Gasteiger charge is -2.36. The van der Waals surface area contributed by atoms with Crippen LogP contribution in [0.25, 0.3) is 0 Å². The first kappa shape index (κ1) is 21.0. The Bertz CT molecular complexity index is 766. The maximum atomic E-state index is 12.7. The molecule has 1 atom stereocenters. The van der Waals surface area contributed by atoms with Crippen LogP contribution in [0.5, 0.6) is 5.88 Å². The molecule has 2 aliphatic rings. The van der Waals surface area contributed by atoms with Crippen LogP contribution in [0.15, 0.2) is 12.1 Å². The van der Waals surface area contributed by atoms with Crippen molar-refractivity contribution in [3.05, 3.63) is 17.8 Å². The molecule has 0 saturated carbocycles. The smallest absolute Gasteiger partial charge is 0.323 e. The molecular weight excluding hydrogens is 374 g/mol. The van der Waals surface area contributed by atoms with Gasteiger partial charge in [-0.05, 0) is 24.8 Å². The highest BCUT2D eigenvalue weighted by atomic mass is 16.5. The Morgan fingerprint density at radius 3 is 2.48 bits per heavy atom. The van der Waals surface area contributed by atoms with Crippen LogP contribution in [-0.4, -0.2) is 71.1 Å². The fourth-order valence-corrected chi connectivity index (χ4v) is 3.46. The van der Waals surface area contributed by atoms with Crippen LogP contribution >= 0.6 is 0 Å². The number of carbonyl (C=O) groups is 3. The van der Waals surface area contributed by atoms with Gasteiger partial charge in [0.2, 0.25) is 17.7 Å². The van der Waals surface area contributed by atoms with E-state index in [1.54, 1.807) is 4.90 Å². The molecule has 0 aliphatic carbocycles. The van der Waals surface area contributed by atoms with Crippen LogP contribution in [-0.2, 0) is 15.0 Å². The molecule has 1 N–H and O–H groups in total. The molecule has 2 aliphatic heterocycles. The van der Waals surface area contributed by atoms with Crippen molar-refractivity contribution in [2.45, 2.75) is 39.0 Å². The Morgan fingerprint density at radius 1 is 1.21 bits per heavy atom. The second kappa shape index (κ2) is 8.34. The van der Waals surface area contributed by atoms with E-state index in [2.05, 4.69) is 36.3 Å². The molecule has 4 amide bonds. The molecule has 0 bridgehead atoms. The average molecular weight is 403 g/mol. The maximum Gasteiger partial charge on any atom is 0.323 e. The Balaban J connectivity index is 1.46. The molecule has 9 heteroatoms. The van der Waals surface area contributed by atoms with Crippen molar-refractivity contribution in [2.24, 2.45) is 11.8 Å². The Kier molecular flexibility index (Phi) is 6.04. The van der Waals surface area contributed by atoms with Crippen molar-refractivity contribution in [1.29, 1.82) is 0 Å². The average Bonchev–Trinajstić information content (AvgIpc) is 2.70. The molecule has 158 valence electrons. The van der Waals surface area contributed by atoms with Crippen LogP contribution < -0.4 is 10.1 Å². The molecule has 2 saturated heterocycles. The summed E-state index contributed by atoms with van der Waals surface area (Å²) in [6.07, 6.45) is 1.59. The minimum absolute atomic E-state index is 0.0533. The highest BCUT2D eigenvalue weighted by molar-refractivity contribution is 6.08. The van der Waals surface area contributed by atoms with Crippen molar-refractivity contribution < 1.29 is 19.1 Å². The van der Waals surface area contributed by atoms with E-state index in [1.807, 2.05) is 12.1 Å². The van der Waals surface area contributed by atoms with E-state index in [1.165, 1.54) is 7.05 Å². The first-order valence-electron chi connectivity index (χ1n) is 9.98. The number of hydrogen-bond donors (Lipinski definition) is 1. The number of imide groups is 1. The highest BCUT2D eigenvalue weighted by Crippen LogP contribution is 2.23. The van der Waals surface area contributed by atoms with Gasteiger partial charge >= 0.3 is 6.03 Å². The zero-order valence-corrected chi connectivity index (χ0v) is 17.5. The summed E-state index contributed by atoms with van der Waals surface area (Å²) in [6.45, 7) is 7.98. The molecule has 3 rings (SSSR count). The summed E-state index contributed by atoms with van der Waals surface area (Å²) >= 11 is 0. The van der Waals surface area contributed by atoms with Crippen molar-refractivity contribution in [2.75, 3.05) is 33.3 Å². The van der Waals surface area contributed by atoms with Crippen LogP contribution in [0, 0.1) is 11.8 Å². The van der Waals surface area contributed by atoms with E-state index in [0.29, 0.717) is 31.5 Å². The lowest BCUT2D eigenvalue weighted by molar-refractivity contribution is -0.146. The summed E-state index contributed by atoms with van der Waals surface area (Å²) in [5.41, 5.74) is 0.859. The lowest BCUT2D eigenvalue weighted by atomic mass is 9.92. The number of amides is 4. The number of likely N-dealkylation sites (tertiary alicyclic amines) is 1. The van der Waals surface area contributed by atoms with Crippen molar-refractivity contribution >= 4 is 17.8 Å². The SMILES string of the molecule is CN1C(=O)NCC(C(=O)N2CCC(COc3ccc(C(C)(C)C)nn3)CC2)C1=O. The van der Waals surface area contributed by atoms with E-state index < -0.39 is 17.9 Å². The number of carbonyl (C=O) groups excluding carboxylic acids is 3. The Morgan fingerprint density at radius 2 is 1.90 bits per heavy atom. The highest BCUT2D eigenvalue weighted by Gasteiger charge is 2.39. The minimum Gasteiger partial charge on any atom is -0.476 e. The van der Waals surface area contributed by atoms with Gasteiger partial charge in [0.05, 0.1) is 12.3 Å². The van der Waals surface area contributed by atoms with E-state index in [0.717, 1.165) is 23.4 Å². The summed E-state index contributed by atoms with van der Waals surface area (Å²) in [6, 6.07) is 3.31. The fourth-order valence-electron chi connectivity index (χ4n) is 3.46. The van der Waals surface area contributed by atoms with E-state index in [9.17, 15) is 14.4 Å². The molecule has 9 nitrogen and oxygen atoms in total. The molecule has 1 aromatic rings. The predicted molar refractivity (Wildman–Crippen MR) is 105 cm³/mol. The van der Waals surface area contributed by atoms with Gasteiger partial charge in [0.1, 0.15) is 5.92 Å². The second-order valence-electron chi connectivity index (χ2n) is 8.72. The standard InChI is InChI=1S/C20H29N5O4/c1-20(2,3)15-5-6-16(23-22-15)29-12-13-7-9-25(10-8-13)18(27)14-11-21-19(28)24(4)17(14)26/h5-6,13-14H,7-12H2,1-4H3,(H,21,28). The Labute approximate surface area is 170 Å². The van der Waals surface area contributed by atoms with Crippen molar-refractivity contribution in [3.63, 3.8) is 0 Å². The minimum atomic E-state index is -0.831. The summed E-state index contributed by atoms with van der Waals surface area (Å²) in [5.74, 6) is -0.677. The summed E-state index contributed by atoms with van der Waals surface area (Å²) in [4.78, 5) is 39.1. The topological polar surface area (TPSA) is 105 Å². The third-order valence-corrected chi connectivity index (χ3v) is 5.49. The number of piperidine rings is 1. The fraction of sp³-hybridized carbons (Fsp3) is 0.650. The number of hydrogen-bond acceptors (Lipinski definition) is 6. The van der Waals surface area contributed by atoms with E-state index in [-0.39, 0.29) is 17.9 Å². The number of urea groups is 1. The van der Waals surface area contributed by atoms with Gasteiger partial charge < -0.3 is 15.0 Å². The van der Waals surface area contributed by atoms with Crippen LogP contribution in [0.1, 0.15) is 39.3 Å². The molecule has 29 heavy (non-hydrogen) atoms. The largest absolute Gasteiger partial charge is 0.476 e. The zero-order valence-electron chi connectivity index (χ0n) is 17.5. The van der Waals surface area contributed by atoms with Gasteiger partial charge in [-0.2, -0.15) is 5.10 Å². The molecule has 1 aromatic heterocycles. The van der Waals surface area contributed by atoms with Crippen LogP contribution in [0.4, 0.5) is 4.79 Å². The van der Waals surface area contributed by atoms with Crippen molar-refractivity contribution in [3.8, 4) is 5.88 Å². The van der Waals surface area contributed by atoms with Gasteiger partial charge in [0, 0.05) is 38.2 Å². The number of rotatable bonds is 4. The van der Waals surface area contributed by atoms with E-state index >= 15 is 0 Å². The number of nitrogens with one attached hydrogen (secondary N) is 1. The lowest BCUT2D eigenvalue weighted by Crippen LogP contribution is -2.58. The predicted octanol–water partition coefficient (Wildman–Crippen LogP) is 1.19. The third-order valence-electron chi connectivity index (χ3n) is 5.49. The molecular formula is C20H29N5O4. The number of ether oxygens (including phenoxy) is 1. The summed E-state index contributed by atoms with van der Waals surface area (Å²) in [5, 5.41) is 10.9. The van der Waals surface area contributed by atoms with E-state index in [4.69, 9.17) is 4.74 Å². The molecule has 1 unspecified atom stereocenters. The van der Waals surface area contributed by atoms with Gasteiger partial charge in [-0.1, -0.05) is 20.8 Å². The zero-order chi connectivity index (χ0) is 21.2. The Hall–Kier alpha value is -2.71. The first-order valence-corrected chi connectivity index (χ1v) is 9.98. The van der Waals surface area contributed by atoms with Gasteiger partial charge in [0.25, 0.3) is 0 Å². The second-order valence-corrected chi connectivity index (χ2v) is 8.72. The molecule has 0 aromatic carbocycles. The van der Waals surface area contributed by atoms with Gasteiger partial charge in [-0.25, -0.2) is 4.79 Å². The first-order chi connectivity index (χ1) is 13.7. The number of aromatic nitrogens is 2. The molecule has 0 radical (unpaired) electrons.